The first kappa shape index (κ1) is 45.5. The van der Waals surface area contributed by atoms with Gasteiger partial charge in [0.15, 0.2) is 0 Å². The maximum absolute atomic E-state index is 14.3. The number of aromatic nitrogens is 3. The molecule has 7 heterocycles. The smallest absolute Gasteiger partial charge is 0.407 e. The van der Waals surface area contributed by atoms with Gasteiger partial charge in [-0.25, -0.2) is 19.8 Å². The van der Waals surface area contributed by atoms with Crippen molar-refractivity contribution in [2.75, 3.05) is 40.6 Å². The van der Waals surface area contributed by atoms with Crippen molar-refractivity contribution in [3.05, 3.63) is 76.4 Å². The number of aliphatic imine (C=N–C) groups is 1. The van der Waals surface area contributed by atoms with Crippen LogP contribution in [0, 0.1) is 23.7 Å². The van der Waals surface area contributed by atoms with Crippen molar-refractivity contribution in [1.82, 2.24) is 35.4 Å². The van der Waals surface area contributed by atoms with Crippen LogP contribution in [0.15, 0.2) is 64.7 Å². The summed E-state index contributed by atoms with van der Waals surface area (Å²) in [5, 5.41) is 18.0. The Kier molecular flexibility index (Phi) is 12.6. The van der Waals surface area contributed by atoms with Crippen LogP contribution in [0.2, 0.25) is 5.15 Å². The van der Waals surface area contributed by atoms with Gasteiger partial charge in [-0.2, -0.15) is 0 Å². The van der Waals surface area contributed by atoms with Crippen LogP contribution in [-0.4, -0.2) is 131 Å². The standard InChI is InChI=1S/C50H56Cl2N8O8/c1-65-49(63)56-42(27-11-15-67-16-12-27)47(61)59-37-20-31(37)22-39(59)36-24-33(44(51)54-36)35-10-8-30-19-29(7-9-34(30)53-35)25-3-5-26(6-4-25)41-45(52)58-46(55-41)40-23-32-21-38(32)60(40)48(62)43(57-50(64)66-2)28-13-17-68-18-14-28/h3-10,19,27-28,31-32,37-40,42-43,50,57,64H,11-18,20-24H2,1-2H3,(H,55,58)(H,56,63)/t31-,32-,37-,38-,39+,40+,42+,43+,50?/m1/s1. The van der Waals surface area contributed by atoms with Gasteiger partial charge in [0.25, 0.3) is 0 Å². The third kappa shape index (κ3) is 8.71. The van der Waals surface area contributed by atoms with Crippen LogP contribution in [0.4, 0.5) is 4.79 Å². The average Bonchev–Trinajstić information content (AvgIpc) is 4.08. The van der Waals surface area contributed by atoms with Crippen LogP contribution in [0.25, 0.3) is 38.9 Å². The Morgan fingerprint density at radius 3 is 2.07 bits per heavy atom. The molecule has 6 fully saturated rings. The first-order valence-corrected chi connectivity index (χ1v) is 24.7. The number of H-pyrrole nitrogens is 1. The molecule has 0 radical (unpaired) electrons. The zero-order valence-electron chi connectivity index (χ0n) is 38.0. The molecule has 4 aromatic rings. The molecule has 2 saturated carbocycles. The Bertz CT molecular complexity index is 2670. The number of alkyl carbamates (subject to hydrolysis) is 1. The molecule has 3 amide bonds. The minimum atomic E-state index is -1.26. The number of hydrogen-bond donors (Lipinski definition) is 4. The van der Waals surface area contributed by atoms with Crippen molar-refractivity contribution in [3.8, 4) is 22.4 Å². The second-order valence-electron chi connectivity index (χ2n) is 19.4. The number of piperidine rings is 2. The van der Waals surface area contributed by atoms with E-state index in [2.05, 4.69) is 45.9 Å². The number of carbonyl (C=O) groups is 3. The molecular formula is C50H56Cl2N8O8. The molecule has 0 spiro atoms. The number of amides is 3. The molecule has 358 valence electrons. The highest BCUT2D eigenvalue weighted by Gasteiger charge is 2.58. The lowest BCUT2D eigenvalue weighted by Crippen LogP contribution is -2.56. The van der Waals surface area contributed by atoms with Gasteiger partial charge in [-0.05, 0) is 104 Å². The minimum absolute atomic E-state index is 0.00421. The van der Waals surface area contributed by atoms with Gasteiger partial charge in [0.2, 0.25) is 18.2 Å². The van der Waals surface area contributed by atoms with E-state index in [4.69, 9.17) is 57.1 Å². The van der Waals surface area contributed by atoms with Gasteiger partial charge in [-0.15, -0.1) is 0 Å². The molecule has 68 heavy (non-hydrogen) atoms. The third-order valence-corrected chi connectivity index (χ3v) is 16.0. The SMILES string of the molecule is COC(=O)N[C@H](C(=O)N1[C@@H]2C[C@@H]2C[C@H]1C1=NC(Cl)=C(c2ccc3cc(-c4ccc(-c5nc([C@@H]6C[C@H]7C[C@H]7N6C(=O)[C@@H](NC(O)OC)C6CCOCC6)[nH]c5Cl)cc4)ccc3n2)C1)C1CCOCC1. The second kappa shape index (κ2) is 18.8. The Hall–Kier alpha value is -4.94. The number of likely N-dealkylation sites (tertiary alicyclic amines) is 2. The van der Waals surface area contributed by atoms with E-state index in [1.807, 2.05) is 34.1 Å². The monoisotopic (exact) mass is 966 g/mol. The van der Waals surface area contributed by atoms with E-state index in [9.17, 15) is 19.5 Å². The third-order valence-electron chi connectivity index (χ3n) is 15.4. The van der Waals surface area contributed by atoms with Gasteiger partial charge in [0.05, 0.1) is 36.4 Å². The summed E-state index contributed by atoms with van der Waals surface area (Å²) < 4.78 is 21.2. The van der Waals surface area contributed by atoms with E-state index in [-0.39, 0.29) is 47.8 Å². The number of fused-ring (bicyclic) bond motifs is 3. The number of pyridine rings is 1. The molecule has 4 saturated heterocycles. The van der Waals surface area contributed by atoms with Crippen molar-refractivity contribution in [2.45, 2.75) is 100 Å². The van der Waals surface area contributed by atoms with Gasteiger partial charge in [-0.3, -0.25) is 14.9 Å². The molecule has 9 atom stereocenters. The Morgan fingerprint density at radius 2 is 1.40 bits per heavy atom. The highest BCUT2D eigenvalue weighted by molar-refractivity contribution is 6.35. The second-order valence-corrected chi connectivity index (χ2v) is 20.1. The summed E-state index contributed by atoms with van der Waals surface area (Å²) in [5.74, 6) is 1.27. The molecule has 5 aliphatic heterocycles. The average molecular weight is 968 g/mol. The molecule has 4 N–H and O–H groups in total. The number of nitrogens with one attached hydrogen (secondary N) is 3. The minimum Gasteiger partial charge on any atom is -0.453 e. The molecule has 18 heteroatoms. The van der Waals surface area contributed by atoms with Gasteiger partial charge >= 0.3 is 6.09 Å². The summed E-state index contributed by atoms with van der Waals surface area (Å²) in [6.45, 7) is 2.24. The molecular weight excluding hydrogens is 912 g/mol. The van der Waals surface area contributed by atoms with Crippen LogP contribution >= 0.6 is 23.2 Å². The summed E-state index contributed by atoms with van der Waals surface area (Å²) in [7, 11) is 2.72. The molecule has 2 aromatic carbocycles. The topological polar surface area (TPSA) is 193 Å². The molecule has 7 aliphatic rings. The molecule has 1 unspecified atom stereocenters. The van der Waals surface area contributed by atoms with Gasteiger partial charge in [0.1, 0.15) is 27.9 Å². The summed E-state index contributed by atoms with van der Waals surface area (Å²) in [6, 6.07) is 16.8. The number of aliphatic hydroxyl groups is 1. The predicted molar refractivity (Wildman–Crippen MR) is 254 cm³/mol. The number of benzene rings is 2. The summed E-state index contributed by atoms with van der Waals surface area (Å²) >= 11 is 13.7. The molecule has 0 bridgehead atoms. The molecule has 11 rings (SSSR count). The Balaban J connectivity index is 0.767. The summed E-state index contributed by atoms with van der Waals surface area (Å²) in [5.41, 5.74) is 6.74. The number of halogens is 2. The van der Waals surface area contributed by atoms with Crippen molar-refractivity contribution in [1.29, 1.82) is 0 Å². The first-order valence-electron chi connectivity index (χ1n) is 23.9. The van der Waals surface area contributed by atoms with E-state index in [0.29, 0.717) is 92.2 Å². The van der Waals surface area contributed by atoms with E-state index in [0.717, 1.165) is 70.3 Å². The maximum atomic E-state index is 14.3. The van der Waals surface area contributed by atoms with Crippen molar-refractivity contribution < 1.29 is 38.4 Å². The first-order chi connectivity index (χ1) is 33.1. The largest absolute Gasteiger partial charge is 0.453 e. The number of imidazole rings is 1. The molecule has 2 aliphatic carbocycles. The number of hydrogen-bond acceptors (Lipinski definition) is 12. The fourth-order valence-corrected chi connectivity index (χ4v) is 12.1. The van der Waals surface area contributed by atoms with Crippen molar-refractivity contribution in [3.63, 3.8) is 0 Å². The van der Waals surface area contributed by atoms with E-state index >= 15 is 0 Å². The van der Waals surface area contributed by atoms with E-state index in [1.165, 1.54) is 14.2 Å². The predicted octanol–water partition coefficient (Wildman–Crippen LogP) is 6.81. The number of allylic oxidation sites excluding steroid dienone is 1. The van der Waals surface area contributed by atoms with Gasteiger partial charge in [-0.1, -0.05) is 59.6 Å². The van der Waals surface area contributed by atoms with Crippen LogP contribution < -0.4 is 10.6 Å². The number of nitrogens with zero attached hydrogens (tertiary/aromatic N) is 5. The van der Waals surface area contributed by atoms with E-state index in [1.54, 1.807) is 0 Å². The fourth-order valence-electron chi connectivity index (χ4n) is 11.6. The lowest BCUT2D eigenvalue weighted by molar-refractivity contribution is -0.148. The molecule has 2 aromatic heterocycles. The van der Waals surface area contributed by atoms with Crippen LogP contribution in [0.3, 0.4) is 0 Å². The lowest BCUT2D eigenvalue weighted by Gasteiger charge is -2.36. The van der Waals surface area contributed by atoms with Crippen LogP contribution in [0.5, 0.6) is 0 Å². The lowest BCUT2D eigenvalue weighted by atomic mass is 9.90. The highest BCUT2D eigenvalue weighted by atomic mass is 35.5. The van der Waals surface area contributed by atoms with Gasteiger partial charge < -0.3 is 44.2 Å². The molecule has 16 nitrogen and oxygen atoms in total. The summed E-state index contributed by atoms with van der Waals surface area (Å²) in [6.07, 6.45) is 4.92. The number of carbonyl (C=O) groups excluding carboxylic acids is 3. The normalized spacial score (nSPS) is 27.2. The van der Waals surface area contributed by atoms with Crippen molar-refractivity contribution in [2.24, 2.45) is 28.7 Å². The number of rotatable bonds is 13. The fraction of sp³-hybridized carbons (Fsp3) is 0.520. The number of methoxy groups -OCH3 is 2. The van der Waals surface area contributed by atoms with Gasteiger partial charge in [0, 0.05) is 74.3 Å². The number of ether oxygens (including phenoxy) is 4. The summed E-state index contributed by atoms with van der Waals surface area (Å²) in [4.78, 5) is 63.2. The maximum Gasteiger partial charge on any atom is 0.407 e. The zero-order chi connectivity index (χ0) is 46.8. The number of aliphatic hydroxyl groups excluding tert-OH is 1. The van der Waals surface area contributed by atoms with E-state index < -0.39 is 24.6 Å². The number of aromatic amines is 1. The Labute approximate surface area is 404 Å². The zero-order valence-corrected chi connectivity index (χ0v) is 39.5. The van der Waals surface area contributed by atoms with Crippen molar-refractivity contribution >= 4 is 63.3 Å². The highest BCUT2D eigenvalue weighted by Crippen LogP contribution is 2.54. The van der Waals surface area contributed by atoms with Crippen LogP contribution in [-0.2, 0) is 28.5 Å². The Morgan fingerprint density at radius 1 is 0.779 bits per heavy atom. The quantitative estimate of drug-likeness (QED) is 0.0813. The van der Waals surface area contributed by atoms with Crippen LogP contribution in [0.1, 0.15) is 75.3 Å².